The molecule has 0 N–H and O–H groups in total. The Morgan fingerprint density at radius 1 is 1.16 bits per heavy atom. The number of rotatable bonds is 6. The van der Waals surface area contributed by atoms with E-state index in [4.69, 9.17) is 9.68 Å². The number of carbonyl (C=O) groups excluding carboxylic acids is 1. The van der Waals surface area contributed by atoms with Gasteiger partial charge >= 0.3 is 0 Å². The Morgan fingerprint density at radius 2 is 1.91 bits per heavy atom. The number of aromatic nitrogens is 2. The first-order chi connectivity index (χ1) is 15.5. The molecule has 0 atom stereocenters. The van der Waals surface area contributed by atoms with E-state index in [0.29, 0.717) is 39.6 Å². The molecular formula is C24H20N4O3S. The Bertz CT molecular complexity index is 1380. The number of thioether (sulfide) groups is 1. The maximum Gasteiger partial charge on any atom is 0.266 e. The molecular weight excluding hydrogens is 424 g/mol. The summed E-state index contributed by atoms with van der Waals surface area (Å²) in [6, 6.07) is 19.6. The second kappa shape index (κ2) is 9.12. The fourth-order valence-electron chi connectivity index (χ4n) is 3.25. The van der Waals surface area contributed by atoms with Crippen molar-refractivity contribution >= 4 is 28.6 Å². The largest absolute Gasteiger partial charge is 0.464 e. The minimum Gasteiger partial charge on any atom is -0.464 e. The summed E-state index contributed by atoms with van der Waals surface area (Å²) in [6.45, 7) is 2.22. The molecule has 0 spiro atoms. The topological polar surface area (TPSA) is 92.1 Å². The number of para-hydroxylation sites is 1. The number of benzene rings is 2. The van der Waals surface area contributed by atoms with E-state index in [1.807, 2.05) is 25.1 Å². The van der Waals surface area contributed by atoms with Crippen LogP contribution < -0.4 is 5.56 Å². The van der Waals surface area contributed by atoms with Crippen molar-refractivity contribution in [3.05, 3.63) is 88.1 Å². The molecule has 160 valence electrons. The van der Waals surface area contributed by atoms with Gasteiger partial charge in [0.1, 0.15) is 11.5 Å². The molecule has 0 saturated carbocycles. The van der Waals surface area contributed by atoms with Crippen molar-refractivity contribution < 1.29 is 9.21 Å². The van der Waals surface area contributed by atoms with E-state index in [-0.39, 0.29) is 17.2 Å². The number of aryl methyl sites for hydroxylation is 1. The van der Waals surface area contributed by atoms with Crippen molar-refractivity contribution in [1.29, 1.82) is 5.26 Å². The third-order valence-corrected chi connectivity index (χ3v) is 5.86. The number of furan rings is 1. The molecule has 0 fully saturated rings. The van der Waals surface area contributed by atoms with E-state index in [9.17, 15) is 9.59 Å². The molecule has 4 rings (SSSR count). The third-order valence-electron chi connectivity index (χ3n) is 4.94. The van der Waals surface area contributed by atoms with Crippen LogP contribution in [0.1, 0.15) is 17.1 Å². The zero-order chi connectivity index (χ0) is 22.7. The Morgan fingerprint density at radius 3 is 2.59 bits per heavy atom. The predicted molar refractivity (Wildman–Crippen MR) is 123 cm³/mol. The second-order valence-corrected chi connectivity index (χ2v) is 8.20. The highest BCUT2D eigenvalue weighted by Gasteiger charge is 2.17. The molecule has 0 saturated heterocycles. The summed E-state index contributed by atoms with van der Waals surface area (Å²) in [6.07, 6.45) is 0. The summed E-state index contributed by atoms with van der Waals surface area (Å²) in [5.74, 6) is 1.50. The molecule has 32 heavy (non-hydrogen) atoms. The summed E-state index contributed by atoms with van der Waals surface area (Å²) in [5, 5.41) is 9.97. The van der Waals surface area contributed by atoms with Crippen LogP contribution in [0, 0.1) is 18.3 Å². The molecule has 2 aromatic heterocycles. The lowest BCUT2D eigenvalue weighted by atomic mass is 10.2. The SMILES string of the molecule is Cc1ccc(CN(C)C(=O)CSc2nc3ccccc3c(=O)n2-c2ccc(C#N)cc2)o1. The van der Waals surface area contributed by atoms with Crippen molar-refractivity contribution in [3.63, 3.8) is 0 Å². The van der Waals surface area contributed by atoms with Crippen molar-refractivity contribution in [3.8, 4) is 11.8 Å². The number of amides is 1. The smallest absolute Gasteiger partial charge is 0.266 e. The number of hydrogen-bond acceptors (Lipinski definition) is 6. The van der Waals surface area contributed by atoms with E-state index >= 15 is 0 Å². The maximum absolute atomic E-state index is 13.3. The minimum atomic E-state index is -0.227. The van der Waals surface area contributed by atoms with Crippen molar-refractivity contribution in [2.24, 2.45) is 0 Å². The molecule has 0 aliphatic carbocycles. The van der Waals surface area contributed by atoms with E-state index in [2.05, 4.69) is 11.1 Å². The molecule has 8 heteroatoms. The first kappa shape index (κ1) is 21.4. The highest BCUT2D eigenvalue weighted by Crippen LogP contribution is 2.22. The molecule has 0 unspecified atom stereocenters. The lowest BCUT2D eigenvalue weighted by molar-refractivity contribution is -0.127. The van der Waals surface area contributed by atoms with Crippen molar-refractivity contribution in [2.45, 2.75) is 18.6 Å². The average molecular weight is 445 g/mol. The van der Waals surface area contributed by atoms with Gasteiger partial charge in [-0.05, 0) is 55.5 Å². The van der Waals surface area contributed by atoms with Crippen LogP contribution in [-0.2, 0) is 11.3 Å². The second-order valence-electron chi connectivity index (χ2n) is 7.26. The molecule has 7 nitrogen and oxygen atoms in total. The normalized spacial score (nSPS) is 10.8. The highest BCUT2D eigenvalue weighted by molar-refractivity contribution is 7.99. The maximum atomic E-state index is 13.3. The van der Waals surface area contributed by atoms with Gasteiger partial charge in [0.2, 0.25) is 5.91 Å². The first-order valence-corrected chi connectivity index (χ1v) is 10.9. The van der Waals surface area contributed by atoms with E-state index in [1.165, 1.54) is 16.3 Å². The van der Waals surface area contributed by atoms with Crippen molar-refractivity contribution in [1.82, 2.24) is 14.5 Å². The van der Waals surface area contributed by atoms with Gasteiger partial charge in [0, 0.05) is 7.05 Å². The lowest BCUT2D eigenvalue weighted by Crippen LogP contribution is -2.28. The summed E-state index contributed by atoms with van der Waals surface area (Å²) >= 11 is 1.20. The van der Waals surface area contributed by atoms with Crippen molar-refractivity contribution in [2.75, 3.05) is 12.8 Å². The monoisotopic (exact) mass is 444 g/mol. The number of carbonyl (C=O) groups is 1. The number of nitriles is 1. The standard InChI is InChI=1S/C24H20N4O3S/c1-16-7-12-19(31-16)14-27(2)22(29)15-32-24-26-21-6-4-3-5-20(21)23(30)28(24)18-10-8-17(13-25)9-11-18/h3-12H,14-15H2,1-2H3. The van der Waals surface area contributed by atoms with Crippen LogP contribution in [0.25, 0.3) is 16.6 Å². The molecule has 2 heterocycles. The van der Waals surface area contributed by atoms with E-state index < -0.39 is 0 Å². The van der Waals surface area contributed by atoms with Crippen LogP contribution >= 0.6 is 11.8 Å². The average Bonchev–Trinajstić information content (AvgIpc) is 3.22. The first-order valence-electron chi connectivity index (χ1n) is 9.90. The van der Waals surface area contributed by atoms with Crippen LogP contribution in [0.3, 0.4) is 0 Å². The summed E-state index contributed by atoms with van der Waals surface area (Å²) < 4.78 is 7.03. The van der Waals surface area contributed by atoms with Gasteiger partial charge in [0.15, 0.2) is 5.16 Å². The van der Waals surface area contributed by atoms with E-state index in [1.54, 1.807) is 54.4 Å². The Hall–Kier alpha value is -3.83. The number of fused-ring (bicyclic) bond motifs is 1. The molecule has 0 aliphatic heterocycles. The number of hydrogen-bond donors (Lipinski definition) is 0. The van der Waals surface area contributed by atoms with Gasteiger partial charge in [-0.2, -0.15) is 5.26 Å². The van der Waals surface area contributed by atoms with Crippen LogP contribution in [0.15, 0.2) is 75.0 Å². The van der Waals surface area contributed by atoms with Gasteiger partial charge in [-0.3, -0.25) is 14.2 Å². The minimum absolute atomic E-state index is 0.108. The third kappa shape index (κ3) is 4.43. The molecule has 0 bridgehead atoms. The summed E-state index contributed by atoms with van der Waals surface area (Å²) in [4.78, 5) is 32.2. The predicted octanol–water partition coefficient (Wildman–Crippen LogP) is 3.91. The molecule has 2 aromatic carbocycles. The van der Waals surface area contributed by atoms with Crippen LogP contribution in [-0.4, -0.2) is 33.2 Å². The van der Waals surface area contributed by atoms with Gasteiger partial charge < -0.3 is 9.32 Å². The van der Waals surface area contributed by atoms with E-state index in [0.717, 1.165) is 5.76 Å². The van der Waals surface area contributed by atoms with Gasteiger partial charge in [0.05, 0.1) is 40.5 Å². The van der Waals surface area contributed by atoms with Gasteiger partial charge in [0.25, 0.3) is 5.56 Å². The van der Waals surface area contributed by atoms with Crippen LogP contribution in [0.2, 0.25) is 0 Å². The quantitative estimate of drug-likeness (QED) is 0.331. The Kier molecular flexibility index (Phi) is 6.10. The summed E-state index contributed by atoms with van der Waals surface area (Å²) in [7, 11) is 1.71. The Labute approximate surface area is 188 Å². The molecule has 0 aliphatic rings. The zero-order valence-electron chi connectivity index (χ0n) is 17.6. The molecule has 1 amide bonds. The van der Waals surface area contributed by atoms with Gasteiger partial charge in [-0.15, -0.1) is 0 Å². The number of nitrogens with zero attached hydrogens (tertiary/aromatic N) is 4. The van der Waals surface area contributed by atoms with Gasteiger partial charge in [-0.1, -0.05) is 23.9 Å². The lowest BCUT2D eigenvalue weighted by Gasteiger charge is -2.17. The molecule has 0 radical (unpaired) electrons. The van der Waals surface area contributed by atoms with Crippen LogP contribution in [0.5, 0.6) is 0 Å². The molecule has 4 aromatic rings. The van der Waals surface area contributed by atoms with Crippen LogP contribution in [0.4, 0.5) is 0 Å². The fraction of sp³-hybridized carbons (Fsp3) is 0.167. The highest BCUT2D eigenvalue weighted by atomic mass is 32.2. The fourth-order valence-corrected chi connectivity index (χ4v) is 4.20. The zero-order valence-corrected chi connectivity index (χ0v) is 18.4. The summed E-state index contributed by atoms with van der Waals surface area (Å²) in [5.41, 5.74) is 1.42. The Balaban J connectivity index is 1.64. The van der Waals surface area contributed by atoms with Gasteiger partial charge in [-0.25, -0.2) is 4.98 Å².